The van der Waals surface area contributed by atoms with Crippen molar-refractivity contribution in [2.24, 2.45) is 0 Å². The summed E-state index contributed by atoms with van der Waals surface area (Å²) in [5.41, 5.74) is 2.89. The number of methoxy groups -OCH3 is 1. The second-order valence-electron chi connectivity index (χ2n) is 6.37. The van der Waals surface area contributed by atoms with E-state index in [-0.39, 0.29) is 17.4 Å². The summed E-state index contributed by atoms with van der Waals surface area (Å²) in [6, 6.07) is 13.2. The number of benzene rings is 2. The van der Waals surface area contributed by atoms with Crippen molar-refractivity contribution in [3.8, 4) is 22.8 Å². The smallest absolute Gasteiger partial charge is 0.273 e. The molecule has 1 unspecified atom stereocenters. The van der Waals surface area contributed by atoms with E-state index < -0.39 is 6.04 Å². The molecule has 0 radical (unpaired) electrons. The molecule has 1 aliphatic heterocycles. The summed E-state index contributed by atoms with van der Waals surface area (Å²) in [5, 5.41) is 27.3. The molecule has 3 N–H and O–H groups in total. The molecule has 3 aromatic rings. The molecule has 0 saturated heterocycles. The standard InChI is InChI=1S/C20H19N3O4/c1-27-10-9-23-19(12-5-4-6-13(24)11-12)16-17(21-22-18(16)20(23)26)14-7-2-3-8-15(14)25/h2-8,11,19,24-25H,9-10H2,1H3,(H,21,22). The fourth-order valence-electron chi connectivity index (χ4n) is 3.54. The number of hydrogen-bond acceptors (Lipinski definition) is 5. The Kier molecular flexibility index (Phi) is 4.29. The van der Waals surface area contributed by atoms with Crippen molar-refractivity contribution in [1.29, 1.82) is 0 Å². The van der Waals surface area contributed by atoms with Crippen molar-refractivity contribution in [3.05, 3.63) is 65.4 Å². The van der Waals surface area contributed by atoms with Crippen LogP contribution >= 0.6 is 0 Å². The largest absolute Gasteiger partial charge is 0.508 e. The third kappa shape index (κ3) is 2.82. The number of amides is 1. The van der Waals surface area contributed by atoms with Crippen molar-refractivity contribution >= 4 is 5.91 Å². The lowest BCUT2D eigenvalue weighted by Crippen LogP contribution is -2.32. The third-order valence-corrected chi connectivity index (χ3v) is 4.75. The molecule has 0 bridgehead atoms. The van der Waals surface area contributed by atoms with Crippen molar-refractivity contribution in [1.82, 2.24) is 15.1 Å². The third-order valence-electron chi connectivity index (χ3n) is 4.75. The van der Waals surface area contributed by atoms with Gasteiger partial charge in [0, 0.05) is 24.8 Å². The number of H-pyrrole nitrogens is 1. The van der Waals surface area contributed by atoms with Crippen LogP contribution in [0.15, 0.2) is 48.5 Å². The molecular formula is C20H19N3O4. The van der Waals surface area contributed by atoms with Gasteiger partial charge in [0.2, 0.25) is 0 Å². The van der Waals surface area contributed by atoms with Gasteiger partial charge in [0.15, 0.2) is 0 Å². The normalized spacial score (nSPS) is 16.0. The SMILES string of the molecule is COCCN1C(=O)c2[nH]nc(-c3ccccc3O)c2C1c1cccc(O)c1. The number of carbonyl (C=O) groups excluding carboxylic acids is 1. The zero-order chi connectivity index (χ0) is 19.0. The number of ether oxygens (including phenoxy) is 1. The van der Waals surface area contributed by atoms with E-state index in [9.17, 15) is 15.0 Å². The van der Waals surface area contributed by atoms with Crippen LogP contribution in [0.3, 0.4) is 0 Å². The van der Waals surface area contributed by atoms with Gasteiger partial charge in [0.05, 0.1) is 12.6 Å². The number of aromatic hydroxyl groups is 2. The second-order valence-corrected chi connectivity index (χ2v) is 6.37. The number of para-hydroxylation sites is 1. The number of nitrogens with one attached hydrogen (secondary N) is 1. The van der Waals surface area contributed by atoms with Gasteiger partial charge in [0.1, 0.15) is 22.9 Å². The summed E-state index contributed by atoms with van der Waals surface area (Å²) in [5.74, 6) is 0.0153. The first-order valence-corrected chi connectivity index (χ1v) is 8.57. The van der Waals surface area contributed by atoms with E-state index in [0.29, 0.717) is 35.7 Å². The van der Waals surface area contributed by atoms with Crippen LogP contribution in [0, 0.1) is 0 Å². The topological polar surface area (TPSA) is 98.7 Å². The highest BCUT2D eigenvalue weighted by atomic mass is 16.5. The zero-order valence-electron chi connectivity index (χ0n) is 14.7. The van der Waals surface area contributed by atoms with Gasteiger partial charge >= 0.3 is 0 Å². The summed E-state index contributed by atoms with van der Waals surface area (Å²) in [6.07, 6.45) is 0. The summed E-state index contributed by atoms with van der Waals surface area (Å²) < 4.78 is 5.16. The van der Waals surface area contributed by atoms with Crippen LogP contribution < -0.4 is 0 Å². The lowest BCUT2D eigenvalue weighted by Gasteiger charge is -2.26. The average Bonchev–Trinajstić information content (AvgIpc) is 3.20. The highest BCUT2D eigenvalue weighted by Gasteiger charge is 2.42. The predicted octanol–water partition coefficient (Wildman–Crippen LogP) is 2.68. The van der Waals surface area contributed by atoms with Gasteiger partial charge in [-0.15, -0.1) is 0 Å². The number of aromatic nitrogens is 2. The van der Waals surface area contributed by atoms with Gasteiger partial charge in [-0.25, -0.2) is 0 Å². The molecule has 1 aliphatic rings. The van der Waals surface area contributed by atoms with E-state index in [2.05, 4.69) is 10.2 Å². The van der Waals surface area contributed by atoms with E-state index >= 15 is 0 Å². The highest BCUT2D eigenvalue weighted by molar-refractivity contribution is 6.00. The van der Waals surface area contributed by atoms with E-state index in [1.165, 1.54) is 0 Å². The lowest BCUT2D eigenvalue weighted by atomic mass is 9.95. The molecule has 1 atom stereocenters. The van der Waals surface area contributed by atoms with E-state index in [4.69, 9.17) is 4.74 Å². The summed E-state index contributed by atoms with van der Waals surface area (Å²) >= 11 is 0. The monoisotopic (exact) mass is 365 g/mol. The number of rotatable bonds is 5. The van der Waals surface area contributed by atoms with Gasteiger partial charge in [-0.05, 0) is 29.8 Å². The Balaban J connectivity index is 1.89. The van der Waals surface area contributed by atoms with Crippen molar-refractivity contribution in [3.63, 3.8) is 0 Å². The fraction of sp³-hybridized carbons (Fsp3) is 0.200. The Hall–Kier alpha value is -3.32. The summed E-state index contributed by atoms with van der Waals surface area (Å²) in [6.45, 7) is 0.767. The number of aromatic amines is 1. The molecule has 2 heterocycles. The molecule has 2 aromatic carbocycles. The zero-order valence-corrected chi connectivity index (χ0v) is 14.7. The van der Waals surface area contributed by atoms with Crippen molar-refractivity contribution in [2.75, 3.05) is 20.3 Å². The molecule has 7 heteroatoms. The molecule has 0 saturated carbocycles. The minimum Gasteiger partial charge on any atom is -0.508 e. The highest BCUT2D eigenvalue weighted by Crippen LogP contribution is 2.44. The Morgan fingerprint density at radius 1 is 1.19 bits per heavy atom. The lowest BCUT2D eigenvalue weighted by molar-refractivity contribution is 0.0677. The second kappa shape index (κ2) is 6.77. The average molecular weight is 365 g/mol. The predicted molar refractivity (Wildman–Crippen MR) is 98.6 cm³/mol. The Labute approximate surface area is 155 Å². The number of fused-ring (bicyclic) bond motifs is 1. The van der Waals surface area contributed by atoms with Crippen molar-refractivity contribution < 1.29 is 19.7 Å². The van der Waals surface area contributed by atoms with Gasteiger partial charge in [0.25, 0.3) is 5.91 Å². The van der Waals surface area contributed by atoms with Crippen molar-refractivity contribution in [2.45, 2.75) is 6.04 Å². The number of nitrogens with zero attached hydrogens (tertiary/aromatic N) is 2. The maximum absolute atomic E-state index is 13.0. The maximum atomic E-state index is 13.0. The molecule has 0 aliphatic carbocycles. The van der Waals surface area contributed by atoms with Crippen LogP contribution in [0.2, 0.25) is 0 Å². The maximum Gasteiger partial charge on any atom is 0.273 e. The fourth-order valence-corrected chi connectivity index (χ4v) is 3.54. The van der Waals surface area contributed by atoms with Crippen LogP contribution in [0.1, 0.15) is 27.7 Å². The van der Waals surface area contributed by atoms with Gasteiger partial charge in [-0.1, -0.05) is 24.3 Å². The number of hydrogen-bond donors (Lipinski definition) is 3. The van der Waals surface area contributed by atoms with E-state index in [1.54, 1.807) is 54.5 Å². The molecule has 1 aromatic heterocycles. The summed E-state index contributed by atoms with van der Waals surface area (Å²) in [4.78, 5) is 14.7. The Bertz CT molecular complexity index is 998. The molecule has 1 amide bonds. The number of carbonyl (C=O) groups is 1. The van der Waals surface area contributed by atoms with Gasteiger partial charge < -0.3 is 19.8 Å². The number of phenolic OH excluding ortho intramolecular Hbond substituents is 2. The minimum absolute atomic E-state index is 0.0873. The Morgan fingerprint density at radius 3 is 2.74 bits per heavy atom. The van der Waals surface area contributed by atoms with Crippen LogP contribution in [0.25, 0.3) is 11.3 Å². The molecule has 138 valence electrons. The van der Waals surface area contributed by atoms with Crippen LogP contribution in [0.4, 0.5) is 0 Å². The first-order valence-electron chi connectivity index (χ1n) is 8.57. The van der Waals surface area contributed by atoms with Crippen LogP contribution in [0.5, 0.6) is 11.5 Å². The molecule has 7 nitrogen and oxygen atoms in total. The molecule has 0 fully saturated rings. The quantitative estimate of drug-likeness (QED) is 0.646. The van der Waals surface area contributed by atoms with E-state index in [0.717, 1.165) is 5.56 Å². The first kappa shape index (κ1) is 17.1. The first-order chi connectivity index (χ1) is 13.1. The van der Waals surface area contributed by atoms with Gasteiger partial charge in [-0.2, -0.15) is 5.10 Å². The van der Waals surface area contributed by atoms with Crippen LogP contribution in [-0.4, -0.2) is 51.5 Å². The molecular weight excluding hydrogens is 346 g/mol. The van der Waals surface area contributed by atoms with E-state index in [1.807, 2.05) is 6.07 Å². The molecule has 27 heavy (non-hydrogen) atoms. The van der Waals surface area contributed by atoms with Crippen LogP contribution in [-0.2, 0) is 4.74 Å². The molecule has 4 rings (SSSR count). The summed E-state index contributed by atoms with van der Waals surface area (Å²) in [7, 11) is 1.58. The molecule has 0 spiro atoms. The minimum atomic E-state index is -0.442. The van der Waals surface area contributed by atoms with Gasteiger partial charge in [-0.3, -0.25) is 9.89 Å². The number of phenols is 2. The Morgan fingerprint density at radius 2 is 2.00 bits per heavy atom.